The minimum absolute atomic E-state index is 0.145. The Kier molecular flexibility index (Phi) is 4.75. The number of aromatic nitrogens is 1. The second-order valence-electron chi connectivity index (χ2n) is 3.83. The van der Waals surface area contributed by atoms with E-state index in [0.717, 1.165) is 11.3 Å². The highest BCUT2D eigenvalue weighted by molar-refractivity contribution is 7.98. The average Bonchev–Trinajstić information content (AvgIpc) is 2.47. The zero-order valence-electron chi connectivity index (χ0n) is 10.5. The van der Waals surface area contributed by atoms with Crippen LogP contribution in [0.3, 0.4) is 0 Å². The molecule has 0 atom stereocenters. The second kappa shape index (κ2) is 6.75. The first-order chi connectivity index (χ1) is 9.28. The van der Waals surface area contributed by atoms with Gasteiger partial charge in [0, 0.05) is 29.1 Å². The fraction of sp³-hybridized carbons (Fsp3) is 0.0667. The molecule has 2 aromatic rings. The van der Waals surface area contributed by atoms with Gasteiger partial charge in [0.1, 0.15) is 0 Å². The molecule has 0 spiro atoms. The minimum atomic E-state index is -0.145. The van der Waals surface area contributed by atoms with E-state index in [4.69, 9.17) is 0 Å². The maximum Gasteiger partial charge on any atom is 0.248 e. The summed E-state index contributed by atoms with van der Waals surface area (Å²) in [6, 6.07) is 11.4. The summed E-state index contributed by atoms with van der Waals surface area (Å²) in [5.41, 5.74) is 1.74. The zero-order chi connectivity index (χ0) is 13.5. The van der Waals surface area contributed by atoms with Crippen molar-refractivity contribution in [1.29, 1.82) is 0 Å². The highest BCUT2D eigenvalue weighted by Gasteiger charge is 1.97. The molecule has 3 nitrogen and oxygen atoms in total. The third-order valence-electron chi connectivity index (χ3n) is 2.49. The van der Waals surface area contributed by atoms with Crippen LogP contribution in [0.1, 0.15) is 5.56 Å². The molecule has 0 aliphatic heterocycles. The van der Waals surface area contributed by atoms with Gasteiger partial charge >= 0.3 is 0 Å². The number of nitrogens with one attached hydrogen (secondary N) is 1. The Hall–Kier alpha value is -2.07. The summed E-state index contributed by atoms with van der Waals surface area (Å²) in [7, 11) is 0. The van der Waals surface area contributed by atoms with Crippen molar-refractivity contribution < 1.29 is 4.79 Å². The van der Waals surface area contributed by atoms with Gasteiger partial charge in [0.15, 0.2) is 0 Å². The Morgan fingerprint density at radius 3 is 2.47 bits per heavy atom. The number of hydrogen-bond donors (Lipinski definition) is 1. The molecule has 0 radical (unpaired) electrons. The zero-order valence-corrected chi connectivity index (χ0v) is 11.4. The van der Waals surface area contributed by atoms with Gasteiger partial charge in [-0.05, 0) is 54.3 Å². The monoisotopic (exact) mass is 270 g/mol. The number of pyridine rings is 1. The summed E-state index contributed by atoms with van der Waals surface area (Å²) >= 11 is 1.67. The minimum Gasteiger partial charge on any atom is -0.323 e. The van der Waals surface area contributed by atoms with Crippen LogP contribution in [-0.4, -0.2) is 17.1 Å². The van der Waals surface area contributed by atoms with E-state index in [-0.39, 0.29) is 5.91 Å². The predicted octanol–water partition coefficient (Wildman–Crippen LogP) is 3.46. The van der Waals surface area contributed by atoms with Crippen molar-refractivity contribution >= 4 is 29.4 Å². The van der Waals surface area contributed by atoms with Crippen LogP contribution in [0.4, 0.5) is 5.69 Å². The molecular formula is C15H14N2OS. The van der Waals surface area contributed by atoms with Crippen molar-refractivity contribution in [3.8, 4) is 0 Å². The molecule has 0 saturated carbocycles. The molecule has 0 fully saturated rings. The Morgan fingerprint density at radius 1 is 1.16 bits per heavy atom. The SMILES string of the molecule is CSc1ccc(NC(=O)/C=C/c2ccncc2)cc1. The third-order valence-corrected chi connectivity index (χ3v) is 3.23. The molecule has 96 valence electrons. The molecule has 1 amide bonds. The Bertz CT molecular complexity index is 564. The first-order valence-electron chi connectivity index (χ1n) is 5.81. The fourth-order valence-electron chi connectivity index (χ4n) is 1.50. The summed E-state index contributed by atoms with van der Waals surface area (Å²) in [5.74, 6) is -0.145. The van der Waals surface area contributed by atoms with E-state index in [1.54, 1.807) is 30.2 Å². The average molecular weight is 270 g/mol. The van der Waals surface area contributed by atoms with Crippen LogP contribution in [0, 0.1) is 0 Å². The number of carbonyl (C=O) groups is 1. The van der Waals surface area contributed by atoms with Gasteiger partial charge in [-0.15, -0.1) is 11.8 Å². The van der Waals surface area contributed by atoms with Crippen LogP contribution in [0.25, 0.3) is 6.08 Å². The Morgan fingerprint density at radius 2 is 1.84 bits per heavy atom. The van der Waals surface area contributed by atoms with Gasteiger partial charge in [-0.1, -0.05) is 0 Å². The maximum atomic E-state index is 11.7. The van der Waals surface area contributed by atoms with E-state index in [1.165, 1.54) is 11.0 Å². The highest BCUT2D eigenvalue weighted by Crippen LogP contribution is 2.17. The van der Waals surface area contributed by atoms with Crippen molar-refractivity contribution in [2.45, 2.75) is 4.90 Å². The Labute approximate surface area is 116 Å². The van der Waals surface area contributed by atoms with Crippen LogP contribution in [0.5, 0.6) is 0 Å². The first kappa shape index (κ1) is 13.4. The Balaban J connectivity index is 1.95. The van der Waals surface area contributed by atoms with Gasteiger partial charge in [-0.2, -0.15) is 0 Å². The number of benzene rings is 1. The summed E-state index contributed by atoms with van der Waals surface area (Å²) in [6.07, 6.45) is 8.67. The standard InChI is InChI=1S/C15H14N2OS/c1-19-14-5-3-13(4-6-14)17-15(18)7-2-12-8-10-16-11-9-12/h2-11H,1H3,(H,17,18)/b7-2+. The molecule has 1 N–H and O–H groups in total. The van der Waals surface area contributed by atoms with E-state index in [0.29, 0.717) is 0 Å². The summed E-state index contributed by atoms with van der Waals surface area (Å²) in [6.45, 7) is 0. The predicted molar refractivity (Wildman–Crippen MR) is 80.1 cm³/mol. The number of nitrogens with zero attached hydrogens (tertiary/aromatic N) is 1. The molecule has 19 heavy (non-hydrogen) atoms. The molecule has 0 aliphatic carbocycles. The van der Waals surface area contributed by atoms with Crippen LogP contribution in [0.2, 0.25) is 0 Å². The van der Waals surface area contributed by atoms with Crippen LogP contribution in [-0.2, 0) is 4.79 Å². The summed E-state index contributed by atoms with van der Waals surface area (Å²) < 4.78 is 0. The van der Waals surface area contributed by atoms with Crippen molar-refractivity contribution in [1.82, 2.24) is 4.98 Å². The lowest BCUT2D eigenvalue weighted by molar-refractivity contribution is -0.111. The van der Waals surface area contributed by atoms with Crippen LogP contribution in [0.15, 0.2) is 59.8 Å². The van der Waals surface area contributed by atoms with Gasteiger partial charge in [-0.3, -0.25) is 9.78 Å². The third kappa shape index (κ3) is 4.26. The quantitative estimate of drug-likeness (QED) is 0.683. The van der Waals surface area contributed by atoms with Crippen molar-refractivity contribution in [2.24, 2.45) is 0 Å². The molecule has 0 saturated heterocycles. The largest absolute Gasteiger partial charge is 0.323 e. The van der Waals surface area contributed by atoms with Gasteiger partial charge in [0.05, 0.1) is 0 Å². The van der Waals surface area contributed by atoms with Gasteiger partial charge in [0.25, 0.3) is 0 Å². The van der Waals surface area contributed by atoms with E-state index in [1.807, 2.05) is 42.7 Å². The van der Waals surface area contributed by atoms with E-state index in [9.17, 15) is 4.79 Å². The normalized spacial score (nSPS) is 10.6. The number of amides is 1. The molecular weight excluding hydrogens is 256 g/mol. The molecule has 4 heteroatoms. The maximum absolute atomic E-state index is 11.7. The van der Waals surface area contributed by atoms with Gasteiger partial charge in [-0.25, -0.2) is 0 Å². The second-order valence-corrected chi connectivity index (χ2v) is 4.71. The fourth-order valence-corrected chi connectivity index (χ4v) is 1.91. The van der Waals surface area contributed by atoms with E-state index in [2.05, 4.69) is 10.3 Å². The molecule has 0 unspecified atom stereocenters. The molecule has 1 aromatic carbocycles. The lowest BCUT2D eigenvalue weighted by atomic mass is 10.2. The van der Waals surface area contributed by atoms with Crippen LogP contribution >= 0.6 is 11.8 Å². The van der Waals surface area contributed by atoms with Crippen molar-refractivity contribution in [3.63, 3.8) is 0 Å². The topological polar surface area (TPSA) is 42.0 Å². The van der Waals surface area contributed by atoms with Crippen molar-refractivity contribution in [2.75, 3.05) is 11.6 Å². The number of carbonyl (C=O) groups excluding carboxylic acids is 1. The molecule has 0 aliphatic rings. The van der Waals surface area contributed by atoms with Crippen molar-refractivity contribution in [3.05, 3.63) is 60.4 Å². The van der Waals surface area contributed by atoms with E-state index >= 15 is 0 Å². The van der Waals surface area contributed by atoms with Gasteiger partial charge in [0.2, 0.25) is 5.91 Å². The number of anilines is 1. The number of thioether (sulfide) groups is 1. The molecule has 1 heterocycles. The van der Waals surface area contributed by atoms with Crippen LogP contribution < -0.4 is 5.32 Å². The summed E-state index contributed by atoms with van der Waals surface area (Å²) in [4.78, 5) is 16.8. The molecule has 2 rings (SSSR count). The van der Waals surface area contributed by atoms with E-state index < -0.39 is 0 Å². The smallest absolute Gasteiger partial charge is 0.248 e. The lowest BCUT2D eigenvalue weighted by Crippen LogP contribution is -2.07. The summed E-state index contributed by atoms with van der Waals surface area (Å²) in [5, 5.41) is 2.81. The number of hydrogen-bond acceptors (Lipinski definition) is 3. The molecule has 1 aromatic heterocycles. The first-order valence-corrected chi connectivity index (χ1v) is 7.03. The number of rotatable bonds is 4. The highest BCUT2D eigenvalue weighted by atomic mass is 32.2. The molecule has 0 bridgehead atoms. The van der Waals surface area contributed by atoms with Gasteiger partial charge < -0.3 is 5.32 Å². The lowest BCUT2D eigenvalue weighted by Gasteiger charge is -2.02.